The minimum absolute atomic E-state index is 0.0314. The molecule has 23 nitrogen and oxygen atoms in total. The molecule has 1 aliphatic heterocycles. The van der Waals surface area contributed by atoms with Crippen LogP contribution in [0.3, 0.4) is 0 Å². The zero-order valence-electron chi connectivity index (χ0n) is 30.9. The first-order chi connectivity index (χ1) is 26.8. The Labute approximate surface area is 324 Å². The van der Waals surface area contributed by atoms with Gasteiger partial charge in [-0.2, -0.15) is 0 Å². The molecule has 1 heterocycles. The molecule has 0 aromatic rings. The molecule has 23 heteroatoms. The summed E-state index contributed by atoms with van der Waals surface area (Å²) in [4.78, 5) is 103. The van der Waals surface area contributed by atoms with Crippen molar-refractivity contribution in [1.82, 2.24) is 0 Å². The molecule has 0 aromatic heterocycles. The molecular weight excluding hydrogens is 776 g/mol. The van der Waals surface area contributed by atoms with Crippen LogP contribution in [0, 0.1) is 10.8 Å². The largest absolute Gasteiger partial charge is 0.481 e. The van der Waals surface area contributed by atoms with Crippen molar-refractivity contribution in [3.05, 3.63) is 0 Å². The van der Waals surface area contributed by atoms with E-state index in [1.165, 1.54) is 0 Å². The Balaban J connectivity index is 0.000000573. The van der Waals surface area contributed by atoms with Gasteiger partial charge < -0.3 is 69.3 Å². The zero-order valence-corrected chi connectivity index (χ0v) is 30.9. The fourth-order valence-electron chi connectivity index (χ4n) is 6.44. The molecule has 1 saturated carbocycles. The summed E-state index contributed by atoms with van der Waals surface area (Å²) in [5, 5.41) is 72.8. The van der Waals surface area contributed by atoms with Crippen molar-refractivity contribution in [1.29, 1.82) is 0 Å². The van der Waals surface area contributed by atoms with E-state index >= 15 is 0 Å². The van der Waals surface area contributed by atoms with Crippen LogP contribution in [0.25, 0.3) is 0 Å². The molecule has 0 aromatic carbocycles. The topological polar surface area (TPSA) is 371 Å². The molecular formula is C34H50O23. The van der Waals surface area contributed by atoms with Gasteiger partial charge in [0.15, 0.2) is 24.4 Å². The van der Waals surface area contributed by atoms with Crippen LogP contribution in [0.4, 0.5) is 0 Å². The Morgan fingerprint density at radius 2 is 0.649 bits per heavy atom. The van der Waals surface area contributed by atoms with Gasteiger partial charge in [0, 0.05) is 36.5 Å². The summed E-state index contributed by atoms with van der Waals surface area (Å²) in [6.07, 6.45) is -7.38. The van der Waals surface area contributed by atoms with Gasteiger partial charge in [0.25, 0.3) is 0 Å². The predicted octanol–water partition coefficient (Wildman–Crippen LogP) is 0.0838. The summed E-state index contributed by atoms with van der Waals surface area (Å²) in [6, 6.07) is 0. The van der Waals surface area contributed by atoms with Crippen LogP contribution in [0.1, 0.15) is 70.6 Å². The van der Waals surface area contributed by atoms with Gasteiger partial charge in [-0.3, -0.25) is 24.0 Å². The standard InChI is InChI=1S/C18H26O9.C16H24O14/c19-12(20)2-8-17(9-3-13(21)22)6-1-7-18(16(17)27,10-4-14(23)24)11-5-15(25)26;17-13(18)9-10(14(19)20)29-7-3-26-4-8-30-12(16(23)24)11(15(21)22)28-6-2-25-1-5-27-9/h1-11H2,(H,19,20)(H,21,22)(H,23,24)(H,25,26);9-12H,1-8H2,(H,17,18)(H,19,20)(H,21,22)(H,23,24). The molecule has 0 amide bonds. The molecule has 4 unspecified atom stereocenters. The summed E-state index contributed by atoms with van der Waals surface area (Å²) >= 11 is 0. The first-order valence-electron chi connectivity index (χ1n) is 17.7. The number of Topliss-reactive ketones (excluding diaryl/α,β-unsaturated/α-hetero) is 1. The summed E-state index contributed by atoms with van der Waals surface area (Å²) in [7, 11) is 0. The van der Waals surface area contributed by atoms with Gasteiger partial charge >= 0.3 is 47.8 Å². The number of hydrogen-bond acceptors (Lipinski definition) is 15. The molecule has 4 atom stereocenters. The molecule has 2 rings (SSSR count). The van der Waals surface area contributed by atoms with Crippen molar-refractivity contribution in [2.45, 2.75) is 95.0 Å². The maximum absolute atomic E-state index is 13.4. The minimum atomic E-state index is -1.79. The smallest absolute Gasteiger partial charge is 0.336 e. The lowest BCUT2D eigenvalue weighted by atomic mass is 9.55. The van der Waals surface area contributed by atoms with E-state index in [0.717, 1.165) is 0 Å². The number of carboxylic acid groups (broad SMARTS) is 8. The van der Waals surface area contributed by atoms with Gasteiger partial charge in [-0.25, -0.2) is 19.2 Å². The van der Waals surface area contributed by atoms with Crippen molar-refractivity contribution in [2.24, 2.45) is 10.8 Å². The summed E-state index contributed by atoms with van der Waals surface area (Å²) in [5.74, 6) is -11.0. The molecule has 57 heavy (non-hydrogen) atoms. The van der Waals surface area contributed by atoms with Gasteiger partial charge in [-0.15, -0.1) is 0 Å². The Morgan fingerprint density at radius 1 is 0.421 bits per heavy atom. The predicted molar refractivity (Wildman–Crippen MR) is 182 cm³/mol. The first kappa shape index (κ1) is 50.2. The van der Waals surface area contributed by atoms with E-state index in [0.29, 0.717) is 19.3 Å². The lowest BCUT2D eigenvalue weighted by Gasteiger charge is -2.46. The van der Waals surface area contributed by atoms with Crippen LogP contribution >= 0.6 is 0 Å². The Hall–Kier alpha value is -4.81. The molecule has 0 bridgehead atoms. The second kappa shape index (κ2) is 25.4. The molecule has 2 fully saturated rings. The van der Waals surface area contributed by atoms with E-state index < -0.39 is 83.0 Å². The van der Waals surface area contributed by atoms with Gasteiger partial charge in [0.1, 0.15) is 5.78 Å². The third-order valence-corrected chi connectivity index (χ3v) is 9.17. The first-order valence-corrected chi connectivity index (χ1v) is 17.7. The average molecular weight is 827 g/mol. The summed E-state index contributed by atoms with van der Waals surface area (Å²) in [5.41, 5.74) is -2.35. The fourth-order valence-corrected chi connectivity index (χ4v) is 6.44. The van der Waals surface area contributed by atoms with Crippen LogP contribution < -0.4 is 0 Å². The molecule has 8 N–H and O–H groups in total. The second-order valence-corrected chi connectivity index (χ2v) is 13.1. The fraction of sp³-hybridized carbons (Fsp3) is 0.735. The Kier molecular flexibility index (Phi) is 22.4. The SMILES string of the molecule is O=C(O)C1OCCOCCOC(C(=O)O)C(C(=O)O)OCCOCCOC1C(=O)O.O=C(O)CCC1(CCC(=O)O)CCCC(CCC(=O)O)(CCC(=O)O)C1=O. The number of carbonyl (C=O) groups excluding carboxylic acids is 1. The molecule has 1 aliphatic carbocycles. The number of hydrogen-bond donors (Lipinski definition) is 8. The highest BCUT2D eigenvalue weighted by atomic mass is 16.6. The Bertz CT molecular complexity index is 1210. The molecule has 324 valence electrons. The van der Waals surface area contributed by atoms with Crippen LogP contribution in [-0.2, 0) is 71.6 Å². The number of carbonyl (C=O) groups is 9. The Morgan fingerprint density at radius 3 is 0.842 bits per heavy atom. The summed E-state index contributed by atoms with van der Waals surface area (Å²) < 4.78 is 30.3. The van der Waals surface area contributed by atoms with E-state index in [4.69, 9.17) is 48.8 Å². The molecule has 1 saturated heterocycles. The normalized spacial score (nSPS) is 23.5. The monoisotopic (exact) mass is 826 g/mol. The number of carboxylic acids is 8. The van der Waals surface area contributed by atoms with Crippen LogP contribution in [-0.4, -0.2) is 172 Å². The molecule has 0 radical (unpaired) electrons. The van der Waals surface area contributed by atoms with Gasteiger partial charge in [-0.1, -0.05) is 6.42 Å². The third kappa shape index (κ3) is 17.9. The zero-order chi connectivity index (χ0) is 43.2. The highest BCUT2D eigenvalue weighted by Gasteiger charge is 2.52. The lowest BCUT2D eigenvalue weighted by Crippen LogP contribution is -2.48. The average Bonchev–Trinajstić information content (AvgIpc) is 3.12. The number of ketones is 1. The van der Waals surface area contributed by atoms with Crippen molar-refractivity contribution < 1.29 is 112 Å². The van der Waals surface area contributed by atoms with Crippen LogP contribution in [0.15, 0.2) is 0 Å². The van der Waals surface area contributed by atoms with E-state index in [-0.39, 0.29) is 110 Å². The minimum Gasteiger partial charge on any atom is -0.481 e. The highest BCUT2D eigenvalue weighted by Crippen LogP contribution is 2.52. The van der Waals surface area contributed by atoms with Gasteiger partial charge in [-0.05, 0) is 38.5 Å². The van der Waals surface area contributed by atoms with Gasteiger partial charge in [0.2, 0.25) is 0 Å². The van der Waals surface area contributed by atoms with Crippen molar-refractivity contribution in [3.63, 3.8) is 0 Å². The van der Waals surface area contributed by atoms with E-state index in [2.05, 4.69) is 0 Å². The maximum atomic E-state index is 13.4. The quantitative estimate of drug-likeness (QED) is 0.102. The van der Waals surface area contributed by atoms with Crippen molar-refractivity contribution in [3.8, 4) is 0 Å². The molecule has 0 spiro atoms. The van der Waals surface area contributed by atoms with Crippen LogP contribution in [0.5, 0.6) is 0 Å². The highest BCUT2D eigenvalue weighted by molar-refractivity contribution is 5.92. The van der Waals surface area contributed by atoms with Gasteiger partial charge in [0.05, 0.1) is 52.9 Å². The summed E-state index contributed by atoms with van der Waals surface area (Å²) in [6.45, 7) is -1.88. The lowest BCUT2D eigenvalue weighted by molar-refractivity contribution is -0.183. The van der Waals surface area contributed by atoms with Crippen molar-refractivity contribution in [2.75, 3.05) is 52.9 Å². The number of aliphatic carboxylic acids is 8. The van der Waals surface area contributed by atoms with Crippen molar-refractivity contribution >= 4 is 53.5 Å². The number of ether oxygens (including phenoxy) is 6. The second-order valence-electron chi connectivity index (χ2n) is 13.1. The maximum Gasteiger partial charge on any atom is 0.336 e. The third-order valence-electron chi connectivity index (χ3n) is 9.17. The van der Waals surface area contributed by atoms with E-state index in [9.17, 15) is 63.6 Å². The van der Waals surface area contributed by atoms with Crippen LogP contribution in [0.2, 0.25) is 0 Å². The van der Waals surface area contributed by atoms with E-state index in [1.54, 1.807) is 0 Å². The van der Waals surface area contributed by atoms with E-state index in [1.807, 2.05) is 0 Å². The molecule has 2 aliphatic rings. The number of rotatable bonds is 16.